The summed E-state index contributed by atoms with van der Waals surface area (Å²) in [5.41, 5.74) is 6.94. The normalized spacial score (nSPS) is 13.0. The number of hydrogen-bond donors (Lipinski definition) is 0. The molecule has 23 heavy (non-hydrogen) atoms. The number of allylic oxidation sites excluding steroid dienone is 4. The summed E-state index contributed by atoms with van der Waals surface area (Å²) >= 11 is 0. The molecule has 0 bridgehead atoms. The Hall–Kier alpha value is -0.327. The van der Waals surface area contributed by atoms with Gasteiger partial charge in [0.1, 0.15) is 0 Å². The molecule has 2 aromatic rings. The average Bonchev–Trinajstić information content (AvgIpc) is 3.03. The molecule has 4 heteroatoms. The zero-order valence-electron chi connectivity index (χ0n) is 11.7. The maximum Gasteiger partial charge on any atom is 4.00 e. The number of rotatable bonds is 1. The number of halogens is 3. The van der Waals surface area contributed by atoms with Crippen molar-refractivity contribution >= 4 is 0 Å². The minimum Gasteiger partial charge on any atom is -1.00 e. The van der Waals surface area contributed by atoms with E-state index in [-0.39, 0.29) is 70.9 Å². The van der Waals surface area contributed by atoms with Crippen LogP contribution in [-0.2, 0) is 26.2 Å². The second kappa shape index (κ2) is 10.5. The summed E-state index contributed by atoms with van der Waals surface area (Å²) in [6.45, 7) is 0. The molecule has 4 rings (SSSR count). The van der Waals surface area contributed by atoms with Crippen LogP contribution in [0.5, 0.6) is 0 Å². The smallest absolute Gasteiger partial charge is 1.00 e. The van der Waals surface area contributed by atoms with E-state index in [1.807, 2.05) is 0 Å². The van der Waals surface area contributed by atoms with Crippen LogP contribution in [0.1, 0.15) is 30.9 Å². The van der Waals surface area contributed by atoms with Crippen LogP contribution in [0.2, 0.25) is 0 Å². The second-order valence-electron chi connectivity index (χ2n) is 4.85. The second-order valence-corrected chi connectivity index (χ2v) is 4.85. The van der Waals surface area contributed by atoms with Gasteiger partial charge in [0.2, 0.25) is 0 Å². The molecule has 0 aliphatic heterocycles. The molecule has 0 saturated heterocycles. The predicted octanol–water partition coefficient (Wildman–Crippen LogP) is -3.87. The summed E-state index contributed by atoms with van der Waals surface area (Å²) in [5, 5.41) is 0. The molecule has 2 aromatic carbocycles. The molecule has 0 N–H and O–H groups in total. The first-order chi connectivity index (χ1) is 8.95. The van der Waals surface area contributed by atoms with Crippen LogP contribution in [0.3, 0.4) is 0 Å². The third kappa shape index (κ3) is 4.20. The molecule has 0 saturated carbocycles. The van der Waals surface area contributed by atoms with Crippen LogP contribution in [0.15, 0.2) is 66.3 Å². The topological polar surface area (TPSA) is 0 Å². The van der Waals surface area contributed by atoms with Gasteiger partial charge in [-0.25, -0.2) is 11.6 Å². The maximum absolute atomic E-state index is 3.49. The fraction of sp³-hybridized carbons (Fsp3) is 0.158. The number of benzene rings is 2. The van der Waals surface area contributed by atoms with E-state index in [1.165, 1.54) is 27.8 Å². The van der Waals surface area contributed by atoms with Crippen molar-refractivity contribution in [3.63, 3.8) is 0 Å². The molecule has 0 radical (unpaired) electrons. The van der Waals surface area contributed by atoms with E-state index in [4.69, 9.17) is 0 Å². The fourth-order valence-corrected chi connectivity index (χ4v) is 3.11. The van der Waals surface area contributed by atoms with Crippen molar-refractivity contribution in [3.8, 4) is 11.1 Å². The molecule has 0 unspecified atom stereocenters. The van der Waals surface area contributed by atoms with E-state index in [0.717, 1.165) is 6.42 Å². The van der Waals surface area contributed by atoms with E-state index in [9.17, 15) is 0 Å². The molecule has 0 heterocycles. The van der Waals surface area contributed by atoms with E-state index < -0.39 is 0 Å². The first-order valence-corrected chi connectivity index (χ1v) is 6.40. The minimum absolute atomic E-state index is 0. The molecule has 2 aliphatic rings. The Morgan fingerprint density at radius 1 is 0.783 bits per heavy atom. The number of hydrogen-bond acceptors (Lipinski definition) is 0. The monoisotopic (exact) mass is 440 g/mol. The average molecular weight is 443 g/mol. The zero-order valence-corrected chi connectivity index (χ0v) is 16.4. The van der Waals surface area contributed by atoms with Gasteiger partial charge >= 0.3 is 26.2 Å². The van der Waals surface area contributed by atoms with E-state index in [1.54, 1.807) is 0 Å². The third-order valence-electron chi connectivity index (χ3n) is 3.87. The Kier molecular flexibility index (Phi) is 11.4. The van der Waals surface area contributed by atoms with Crippen LogP contribution in [0, 0.1) is 6.08 Å². The molecule has 2 aliphatic carbocycles. The van der Waals surface area contributed by atoms with Gasteiger partial charge in [-0.15, -0.1) is 6.42 Å². The quantitative estimate of drug-likeness (QED) is 0.397. The fourth-order valence-electron chi connectivity index (χ4n) is 3.11. The Labute approximate surface area is 176 Å². The molecular formula is C19H17Cl3Zr. The largest absolute Gasteiger partial charge is 4.00 e. The van der Waals surface area contributed by atoms with Crippen molar-refractivity contribution in [2.45, 2.75) is 19.8 Å². The van der Waals surface area contributed by atoms with Crippen LogP contribution >= 0.6 is 0 Å². The van der Waals surface area contributed by atoms with Crippen LogP contribution in [-0.4, -0.2) is 0 Å². The molecule has 118 valence electrons. The summed E-state index contributed by atoms with van der Waals surface area (Å²) in [4.78, 5) is 0. The Morgan fingerprint density at radius 2 is 1.26 bits per heavy atom. The van der Waals surface area contributed by atoms with Gasteiger partial charge in [-0.3, -0.25) is 6.08 Å². The Bertz CT molecular complexity index is 647. The SMILES string of the molecule is C.[C-]1=C(C2c3ccccc3-c3ccccc32)C=CC1.[Cl-].[Cl-].[Cl-].[Zr+4]. The summed E-state index contributed by atoms with van der Waals surface area (Å²) < 4.78 is 0. The summed E-state index contributed by atoms with van der Waals surface area (Å²) in [5.74, 6) is 0.385. The van der Waals surface area contributed by atoms with Crippen LogP contribution in [0.25, 0.3) is 11.1 Å². The maximum atomic E-state index is 3.49. The van der Waals surface area contributed by atoms with Crippen molar-refractivity contribution in [2.75, 3.05) is 0 Å². The van der Waals surface area contributed by atoms with Crippen molar-refractivity contribution in [1.29, 1.82) is 0 Å². The molecule has 0 nitrogen and oxygen atoms in total. The van der Waals surface area contributed by atoms with E-state index in [0.29, 0.717) is 5.92 Å². The molecule has 0 fully saturated rings. The van der Waals surface area contributed by atoms with Gasteiger partial charge in [0.15, 0.2) is 0 Å². The van der Waals surface area contributed by atoms with Gasteiger partial charge in [-0.2, -0.15) is 6.08 Å². The Morgan fingerprint density at radius 3 is 1.70 bits per heavy atom. The molecule has 0 atom stereocenters. The van der Waals surface area contributed by atoms with Crippen LogP contribution in [0.4, 0.5) is 0 Å². The molecule has 0 spiro atoms. The predicted molar refractivity (Wildman–Crippen MR) is 81.0 cm³/mol. The first-order valence-electron chi connectivity index (χ1n) is 6.40. The van der Waals surface area contributed by atoms with Crippen molar-refractivity contribution < 1.29 is 63.4 Å². The molecule has 0 aromatic heterocycles. The van der Waals surface area contributed by atoms with E-state index in [2.05, 4.69) is 66.8 Å². The summed E-state index contributed by atoms with van der Waals surface area (Å²) in [7, 11) is 0. The third-order valence-corrected chi connectivity index (χ3v) is 3.87. The van der Waals surface area contributed by atoms with Gasteiger partial charge in [-0.1, -0.05) is 56.0 Å². The Balaban J connectivity index is 0. The molecule has 0 amide bonds. The summed E-state index contributed by atoms with van der Waals surface area (Å²) in [6.07, 6.45) is 8.86. The number of fused-ring (bicyclic) bond motifs is 3. The zero-order chi connectivity index (χ0) is 11.9. The van der Waals surface area contributed by atoms with Crippen molar-refractivity contribution in [3.05, 3.63) is 83.5 Å². The van der Waals surface area contributed by atoms with E-state index >= 15 is 0 Å². The van der Waals surface area contributed by atoms with Crippen LogP contribution < -0.4 is 37.2 Å². The van der Waals surface area contributed by atoms with Gasteiger partial charge in [-0.05, 0) is 22.3 Å². The first kappa shape index (κ1) is 24.9. The molecular weight excluding hydrogens is 426 g/mol. The van der Waals surface area contributed by atoms with Crippen molar-refractivity contribution in [1.82, 2.24) is 0 Å². The standard InChI is InChI=1S/C18H13.CH4.3ClH.Zr/c1-2-8-13(7-1)18-16-11-5-3-9-14(16)15-10-4-6-12-17(15)18;;;;;/h1,3-7,9-12,18H,2H2;1H4;3*1H;/q-1;;;;;+4/p-3. The minimum atomic E-state index is 0. The van der Waals surface area contributed by atoms with Gasteiger partial charge < -0.3 is 37.2 Å². The van der Waals surface area contributed by atoms with Gasteiger partial charge in [0, 0.05) is 5.92 Å². The van der Waals surface area contributed by atoms with Gasteiger partial charge in [0.25, 0.3) is 0 Å². The van der Waals surface area contributed by atoms with Gasteiger partial charge in [0.05, 0.1) is 0 Å². The summed E-state index contributed by atoms with van der Waals surface area (Å²) in [6, 6.07) is 17.5. The van der Waals surface area contributed by atoms with Crippen molar-refractivity contribution in [2.24, 2.45) is 0 Å².